The second-order valence-corrected chi connectivity index (χ2v) is 7.32. The van der Waals surface area contributed by atoms with E-state index >= 15 is 0 Å². The van der Waals surface area contributed by atoms with E-state index in [1.165, 1.54) is 6.07 Å². The van der Waals surface area contributed by atoms with E-state index in [2.05, 4.69) is 5.32 Å². The maximum Gasteiger partial charge on any atom is 0.410 e. The number of ether oxygens (including phenoxy) is 1. The molecule has 0 spiro atoms. The molecule has 1 fully saturated rings. The van der Waals surface area contributed by atoms with E-state index in [1.54, 1.807) is 17.0 Å². The lowest BCUT2D eigenvalue weighted by Crippen LogP contribution is -2.36. The molecule has 0 saturated carbocycles. The molecule has 1 unspecified atom stereocenters. The molecule has 128 valence electrons. The predicted molar refractivity (Wildman–Crippen MR) is 89.0 cm³/mol. The zero-order chi connectivity index (χ0) is 17.0. The average Bonchev–Trinajstić information content (AvgIpc) is 2.89. The van der Waals surface area contributed by atoms with Gasteiger partial charge in [-0.1, -0.05) is 17.7 Å². The minimum absolute atomic E-state index is 0.267. The summed E-state index contributed by atoms with van der Waals surface area (Å²) < 4.78 is 19.1. The van der Waals surface area contributed by atoms with Gasteiger partial charge in [0.1, 0.15) is 11.4 Å². The first-order valence-electron chi connectivity index (χ1n) is 7.88. The highest BCUT2D eigenvalue weighted by atomic mass is 35.5. The molecule has 0 aliphatic carbocycles. The number of nitrogens with zero attached hydrogens (tertiary/aromatic N) is 1. The molecule has 1 aromatic carbocycles. The molecule has 0 radical (unpaired) electrons. The average molecular weight is 343 g/mol. The molecular weight excluding hydrogens is 319 g/mol. The summed E-state index contributed by atoms with van der Waals surface area (Å²) in [6, 6.07) is 4.68. The van der Waals surface area contributed by atoms with Crippen molar-refractivity contribution in [2.45, 2.75) is 39.3 Å². The summed E-state index contributed by atoms with van der Waals surface area (Å²) >= 11 is 6.00. The van der Waals surface area contributed by atoms with Gasteiger partial charge >= 0.3 is 6.09 Å². The van der Waals surface area contributed by atoms with Gasteiger partial charge < -0.3 is 15.0 Å². The second-order valence-electron chi connectivity index (χ2n) is 6.91. The number of carbonyl (C=O) groups excluding carboxylic acids is 1. The number of rotatable bonds is 4. The van der Waals surface area contributed by atoms with Crippen molar-refractivity contribution in [3.05, 3.63) is 34.6 Å². The van der Waals surface area contributed by atoms with E-state index in [0.29, 0.717) is 42.7 Å². The molecule has 1 amide bonds. The van der Waals surface area contributed by atoms with Crippen molar-refractivity contribution in [3.8, 4) is 0 Å². The molecule has 1 atom stereocenters. The normalized spacial score (nSPS) is 18.3. The van der Waals surface area contributed by atoms with Gasteiger partial charge in [0.05, 0.1) is 0 Å². The molecular formula is C17H24ClFN2O2. The van der Waals surface area contributed by atoms with Crippen LogP contribution in [0.15, 0.2) is 18.2 Å². The number of hydrogen-bond acceptors (Lipinski definition) is 3. The van der Waals surface area contributed by atoms with Gasteiger partial charge in [0.15, 0.2) is 0 Å². The third kappa shape index (κ3) is 5.36. The molecule has 1 aliphatic heterocycles. The number of halogens is 2. The molecule has 23 heavy (non-hydrogen) atoms. The standard InChI is InChI=1S/C17H24ClFN2O2/c1-17(2,3)23-16(22)21-8-7-12(11-21)9-20-10-13-14(18)5-4-6-15(13)19/h4-6,12,20H,7-11H2,1-3H3. The van der Waals surface area contributed by atoms with Crippen LogP contribution >= 0.6 is 11.6 Å². The fourth-order valence-corrected chi connectivity index (χ4v) is 2.82. The lowest BCUT2D eigenvalue weighted by Gasteiger charge is -2.24. The lowest BCUT2D eigenvalue weighted by molar-refractivity contribution is 0.0288. The summed E-state index contributed by atoms with van der Waals surface area (Å²) in [6.45, 7) is 8.03. The third-order valence-electron chi connectivity index (χ3n) is 3.73. The van der Waals surface area contributed by atoms with E-state index in [0.717, 1.165) is 6.42 Å². The summed E-state index contributed by atoms with van der Waals surface area (Å²) in [5.41, 5.74) is 0.00538. The Morgan fingerprint density at radius 2 is 2.22 bits per heavy atom. The molecule has 4 nitrogen and oxygen atoms in total. The van der Waals surface area contributed by atoms with Crippen molar-refractivity contribution in [2.24, 2.45) is 5.92 Å². The molecule has 0 bridgehead atoms. The summed E-state index contributed by atoms with van der Waals surface area (Å²) in [6.07, 6.45) is 0.647. The zero-order valence-corrected chi connectivity index (χ0v) is 14.6. The highest BCUT2D eigenvalue weighted by Gasteiger charge is 2.29. The van der Waals surface area contributed by atoms with Crippen LogP contribution in [-0.2, 0) is 11.3 Å². The number of amides is 1. The number of benzene rings is 1. The Hall–Kier alpha value is -1.33. The summed E-state index contributed by atoms with van der Waals surface area (Å²) in [5, 5.41) is 3.66. The van der Waals surface area contributed by atoms with E-state index in [-0.39, 0.29) is 11.9 Å². The van der Waals surface area contributed by atoms with Gasteiger partial charge in [0, 0.05) is 36.8 Å². The topological polar surface area (TPSA) is 41.6 Å². The number of nitrogens with one attached hydrogen (secondary N) is 1. The van der Waals surface area contributed by atoms with Gasteiger partial charge in [-0.2, -0.15) is 0 Å². The van der Waals surface area contributed by atoms with E-state index in [1.807, 2.05) is 20.8 Å². The molecule has 1 N–H and O–H groups in total. The first-order chi connectivity index (χ1) is 10.8. The summed E-state index contributed by atoms with van der Waals surface area (Å²) in [5.74, 6) is 0.0415. The predicted octanol–water partition coefficient (Wildman–Crippen LogP) is 3.83. The Kier molecular flexibility index (Phi) is 5.87. The quantitative estimate of drug-likeness (QED) is 0.904. The molecule has 0 aromatic heterocycles. The number of likely N-dealkylation sites (tertiary alicyclic amines) is 1. The largest absolute Gasteiger partial charge is 0.444 e. The zero-order valence-electron chi connectivity index (χ0n) is 13.9. The van der Waals surface area contributed by atoms with Gasteiger partial charge in [-0.15, -0.1) is 0 Å². The molecule has 1 saturated heterocycles. The Bertz CT molecular complexity index is 540. The van der Waals surface area contributed by atoms with Crippen molar-refractivity contribution in [3.63, 3.8) is 0 Å². The highest BCUT2D eigenvalue weighted by Crippen LogP contribution is 2.21. The van der Waals surface area contributed by atoms with Crippen LogP contribution in [0, 0.1) is 11.7 Å². The Labute approximate surface area is 141 Å². The van der Waals surface area contributed by atoms with Crippen molar-refractivity contribution >= 4 is 17.7 Å². The number of hydrogen-bond donors (Lipinski definition) is 1. The van der Waals surface area contributed by atoms with Crippen LogP contribution in [0.1, 0.15) is 32.8 Å². The van der Waals surface area contributed by atoms with Crippen LogP contribution in [0.25, 0.3) is 0 Å². The maximum absolute atomic E-state index is 13.7. The first kappa shape index (κ1) is 18.0. The maximum atomic E-state index is 13.7. The smallest absolute Gasteiger partial charge is 0.410 e. The van der Waals surface area contributed by atoms with Gasteiger partial charge in [0.2, 0.25) is 0 Å². The van der Waals surface area contributed by atoms with Crippen molar-refractivity contribution in [1.82, 2.24) is 10.2 Å². The van der Waals surface area contributed by atoms with Crippen LogP contribution < -0.4 is 5.32 Å². The van der Waals surface area contributed by atoms with Crippen molar-refractivity contribution in [1.29, 1.82) is 0 Å². The Balaban J connectivity index is 1.77. The Morgan fingerprint density at radius 1 is 1.48 bits per heavy atom. The fraction of sp³-hybridized carbons (Fsp3) is 0.588. The monoisotopic (exact) mass is 342 g/mol. The van der Waals surface area contributed by atoms with E-state index in [4.69, 9.17) is 16.3 Å². The molecule has 6 heteroatoms. The number of carbonyl (C=O) groups is 1. The Morgan fingerprint density at radius 3 is 2.87 bits per heavy atom. The van der Waals surface area contributed by atoms with Crippen molar-refractivity contribution < 1.29 is 13.9 Å². The van der Waals surface area contributed by atoms with Gasteiger partial charge in [0.25, 0.3) is 0 Å². The fourth-order valence-electron chi connectivity index (χ4n) is 2.59. The van der Waals surface area contributed by atoms with Gasteiger partial charge in [-0.3, -0.25) is 0 Å². The SMILES string of the molecule is CC(C)(C)OC(=O)N1CCC(CNCc2c(F)cccc2Cl)C1. The van der Waals surface area contributed by atoms with Gasteiger partial charge in [-0.05, 0) is 45.2 Å². The van der Waals surface area contributed by atoms with Crippen molar-refractivity contribution in [2.75, 3.05) is 19.6 Å². The van der Waals surface area contributed by atoms with Crippen LogP contribution in [0.5, 0.6) is 0 Å². The molecule has 1 aliphatic rings. The third-order valence-corrected chi connectivity index (χ3v) is 4.09. The van der Waals surface area contributed by atoms with Crippen LogP contribution in [-0.4, -0.2) is 36.2 Å². The molecule has 2 rings (SSSR count). The summed E-state index contributed by atoms with van der Waals surface area (Å²) in [4.78, 5) is 13.7. The molecule has 1 aromatic rings. The van der Waals surface area contributed by atoms with Crippen LogP contribution in [0.2, 0.25) is 5.02 Å². The molecule has 1 heterocycles. The first-order valence-corrected chi connectivity index (χ1v) is 8.25. The minimum Gasteiger partial charge on any atom is -0.444 e. The van der Waals surface area contributed by atoms with Crippen LogP contribution in [0.4, 0.5) is 9.18 Å². The highest BCUT2D eigenvalue weighted by molar-refractivity contribution is 6.31. The summed E-state index contributed by atoms with van der Waals surface area (Å²) in [7, 11) is 0. The minimum atomic E-state index is -0.477. The van der Waals surface area contributed by atoms with Gasteiger partial charge in [-0.25, -0.2) is 9.18 Å². The van der Waals surface area contributed by atoms with Crippen LogP contribution in [0.3, 0.4) is 0 Å². The second kappa shape index (κ2) is 7.49. The van der Waals surface area contributed by atoms with E-state index < -0.39 is 5.60 Å². The lowest BCUT2D eigenvalue weighted by atomic mass is 10.1. The van der Waals surface area contributed by atoms with E-state index in [9.17, 15) is 9.18 Å².